The second-order valence-electron chi connectivity index (χ2n) is 6.51. The summed E-state index contributed by atoms with van der Waals surface area (Å²) in [5.41, 5.74) is 5.66. The Bertz CT molecular complexity index is 598. The lowest BCUT2D eigenvalue weighted by molar-refractivity contribution is -0.900. The SMILES string of the molecule is Cc1ccc(C)c(N2CC[NH+](CCc3ccccc3)CC2)c1. The van der Waals surface area contributed by atoms with E-state index >= 15 is 0 Å². The molecule has 0 aliphatic carbocycles. The third kappa shape index (κ3) is 3.69. The topological polar surface area (TPSA) is 7.68 Å². The molecule has 1 heterocycles. The first kappa shape index (κ1) is 15.1. The van der Waals surface area contributed by atoms with Gasteiger partial charge in [0, 0.05) is 12.1 Å². The first-order chi connectivity index (χ1) is 10.7. The zero-order chi connectivity index (χ0) is 15.4. The lowest BCUT2D eigenvalue weighted by Gasteiger charge is -2.34. The number of nitrogens with one attached hydrogen (secondary N) is 1. The summed E-state index contributed by atoms with van der Waals surface area (Å²) in [5, 5.41) is 0. The molecule has 0 amide bonds. The van der Waals surface area contributed by atoms with Crippen molar-refractivity contribution in [1.82, 2.24) is 0 Å². The summed E-state index contributed by atoms with van der Waals surface area (Å²) in [5.74, 6) is 0. The van der Waals surface area contributed by atoms with Crippen LogP contribution < -0.4 is 9.80 Å². The third-order valence-electron chi connectivity index (χ3n) is 4.79. The Morgan fingerprint density at radius 2 is 1.68 bits per heavy atom. The van der Waals surface area contributed by atoms with Crippen LogP contribution >= 0.6 is 0 Å². The Balaban J connectivity index is 1.53. The number of aryl methyl sites for hydroxylation is 2. The number of rotatable bonds is 4. The first-order valence-corrected chi connectivity index (χ1v) is 8.42. The maximum Gasteiger partial charge on any atom is 0.0949 e. The van der Waals surface area contributed by atoms with Crippen LogP contribution in [-0.2, 0) is 6.42 Å². The standard InChI is InChI=1S/C20H26N2/c1-17-8-9-18(2)20(16-17)22-14-12-21(13-15-22)11-10-19-6-4-3-5-7-19/h3-9,16H,10-15H2,1-2H3/p+1. The fourth-order valence-corrected chi connectivity index (χ4v) is 3.34. The van der Waals surface area contributed by atoms with Crippen molar-refractivity contribution in [3.05, 3.63) is 65.2 Å². The highest BCUT2D eigenvalue weighted by atomic mass is 15.3. The largest absolute Gasteiger partial charge is 0.360 e. The molecule has 1 N–H and O–H groups in total. The Kier molecular flexibility index (Phi) is 4.79. The van der Waals surface area contributed by atoms with Crippen LogP contribution in [0, 0.1) is 13.8 Å². The van der Waals surface area contributed by atoms with Crippen molar-refractivity contribution in [3.8, 4) is 0 Å². The van der Waals surface area contributed by atoms with Crippen LogP contribution in [0.4, 0.5) is 5.69 Å². The molecule has 1 aliphatic rings. The predicted octanol–water partition coefficient (Wildman–Crippen LogP) is 2.25. The second kappa shape index (κ2) is 6.97. The van der Waals surface area contributed by atoms with Gasteiger partial charge in [-0.3, -0.25) is 0 Å². The average molecular weight is 295 g/mol. The van der Waals surface area contributed by atoms with Crippen molar-refractivity contribution in [2.45, 2.75) is 20.3 Å². The van der Waals surface area contributed by atoms with Gasteiger partial charge >= 0.3 is 0 Å². The van der Waals surface area contributed by atoms with E-state index in [0.29, 0.717) is 0 Å². The smallest absolute Gasteiger partial charge is 0.0949 e. The number of hydrogen-bond donors (Lipinski definition) is 1. The van der Waals surface area contributed by atoms with E-state index in [-0.39, 0.29) is 0 Å². The lowest BCUT2D eigenvalue weighted by Crippen LogP contribution is -3.15. The predicted molar refractivity (Wildman–Crippen MR) is 93.8 cm³/mol. The van der Waals surface area contributed by atoms with E-state index in [1.165, 1.54) is 61.5 Å². The molecule has 0 spiro atoms. The quantitative estimate of drug-likeness (QED) is 0.909. The minimum absolute atomic E-state index is 1.18. The molecule has 0 unspecified atom stereocenters. The van der Waals surface area contributed by atoms with Crippen molar-refractivity contribution in [1.29, 1.82) is 0 Å². The molecule has 0 bridgehead atoms. The minimum atomic E-state index is 1.18. The third-order valence-corrected chi connectivity index (χ3v) is 4.79. The maximum absolute atomic E-state index is 2.56. The van der Waals surface area contributed by atoms with Gasteiger partial charge in [0.15, 0.2) is 0 Å². The van der Waals surface area contributed by atoms with Crippen molar-refractivity contribution in [2.24, 2.45) is 0 Å². The fraction of sp³-hybridized carbons (Fsp3) is 0.400. The van der Waals surface area contributed by atoms with Gasteiger partial charge < -0.3 is 9.80 Å². The molecular weight excluding hydrogens is 268 g/mol. The van der Waals surface area contributed by atoms with Crippen LogP contribution in [0.1, 0.15) is 16.7 Å². The van der Waals surface area contributed by atoms with Gasteiger partial charge in [-0.1, -0.05) is 42.5 Å². The molecule has 116 valence electrons. The zero-order valence-corrected chi connectivity index (χ0v) is 13.8. The van der Waals surface area contributed by atoms with Gasteiger partial charge in [0.1, 0.15) is 0 Å². The molecule has 1 fully saturated rings. The molecule has 1 aliphatic heterocycles. The molecule has 3 rings (SSSR count). The number of piperazine rings is 1. The summed E-state index contributed by atoms with van der Waals surface area (Å²) in [7, 11) is 0. The molecule has 0 aromatic heterocycles. The summed E-state index contributed by atoms with van der Waals surface area (Å²) in [4.78, 5) is 4.30. The van der Waals surface area contributed by atoms with Gasteiger partial charge in [0.05, 0.1) is 32.7 Å². The van der Waals surface area contributed by atoms with E-state index in [0.717, 1.165) is 0 Å². The van der Waals surface area contributed by atoms with E-state index in [9.17, 15) is 0 Å². The number of nitrogens with zero attached hydrogens (tertiary/aromatic N) is 1. The van der Waals surface area contributed by atoms with E-state index < -0.39 is 0 Å². The summed E-state index contributed by atoms with van der Waals surface area (Å²) in [6, 6.07) is 17.7. The molecule has 2 heteroatoms. The average Bonchev–Trinajstić information content (AvgIpc) is 2.57. The Labute approximate surface area is 134 Å². The molecule has 0 atom stereocenters. The normalized spacial score (nSPS) is 16.0. The fourth-order valence-electron chi connectivity index (χ4n) is 3.34. The summed E-state index contributed by atoms with van der Waals surface area (Å²) >= 11 is 0. The highest BCUT2D eigenvalue weighted by Gasteiger charge is 2.20. The molecule has 0 radical (unpaired) electrons. The van der Waals surface area contributed by atoms with E-state index in [4.69, 9.17) is 0 Å². The van der Waals surface area contributed by atoms with Crippen LogP contribution in [0.25, 0.3) is 0 Å². The molecular formula is C20H27N2+. The van der Waals surface area contributed by atoms with Gasteiger partial charge in [-0.15, -0.1) is 0 Å². The summed E-state index contributed by atoms with van der Waals surface area (Å²) in [6.07, 6.45) is 1.19. The van der Waals surface area contributed by atoms with Crippen LogP contribution in [0.3, 0.4) is 0 Å². The van der Waals surface area contributed by atoms with Crippen LogP contribution in [0.5, 0.6) is 0 Å². The molecule has 0 saturated carbocycles. The van der Waals surface area contributed by atoms with Crippen molar-refractivity contribution >= 4 is 5.69 Å². The Morgan fingerprint density at radius 1 is 0.955 bits per heavy atom. The van der Waals surface area contributed by atoms with E-state index in [2.05, 4.69) is 67.3 Å². The monoisotopic (exact) mass is 295 g/mol. The van der Waals surface area contributed by atoms with Crippen LogP contribution in [0.2, 0.25) is 0 Å². The lowest BCUT2D eigenvalue weighted by atomic mass is 10.1. The van der Waals surface area contributed by atoms with Gasteiger partial charge in [0.2, 0.25) is 0 Å². The van der Waals surface area contributed by atoms with Gasteiger partial charge in [-0.05, 0) is 36.6 Å². The number of hydrogen-bond acceptors (Lipinski definition) is 1. The van der Waals surface area contributed by atoms with E-state index in [1.807, 2.05) is 0 Å². The second-order valence-corrected chi connectivity index (χ2v) is 6.51. The first-order valence-electron chi connectivity index (χ1n) is 8.42. The van der Waals surface area contributed by atoms with Crippen molar-refractivity contribution in [2.75, 3.05) is 37.6 Å². The van der Waals surface area contributed by atoms with Gasteiger partial charge in [-0.25, -0.2) is 0 Å². The summed E-state index contributed by atoms with van der Waals surface area (Å²) < 4.78 is 0. The minimum Gasteiger partial charge on any atom is -0.360 e. The maximum atomic E-state index is 2.56. The van der Waals surface area contributed by atoms with Crippen molar-refractivity contribution < 1.29 is 4.90 Å². The molecule has 2 aromatic rings. The highest BCUT2D eigenvalue weighted by Crippen LogP contribution is 2.21. The number of benzene rings is 2. The van der Waals surface area contributed by atoms with Crippen LogP contribution in [-0.4, -0.2) is 32.7 Å². The Morgan fingerprint density at radius 3 is 2.41 bits per heavy atom. The molecule has 1 saturated heterocycles. The number of anilines is 1. The molecule has 22 heavy (non-hydrogen) atoms. The number of quaternary nitrogens is 1. The zero-order valence-electron chi connectivity index (χ0n) is 13.8. The van der Waals surface area contributed by atoms with Crippen molar-refractivity contribution in [3.63, 3.8) is 0 Å². The highest BCUT2D eigenvalue weighted by molar-refractivity contribution is 5.55. The molecule has 2 aromatic carbocycles. The van der Waals surface area contributed by atoms with Crippen LogP contribution in [0.15, 0.2) is 48.5 Å². The van der Waals surface area contributed by atoms with Gasteiger partial charge in [-0.2, -0.15) is 0 Å². The summed E-state index contributed by atoms with van der Waals surface area (Å²) in [6.45, 7) is 10.5. The Hall–Kier alpha value is -1.80. The van der Waals surface area contributed by atoms with Gasteiger partial charge in [0.25, 0.3) is 0 Å². The van der Waals surface area contributed by atoms with E-state index in [1.54, 1.807) is 4.90 Å². The molecule has 2 nitrogen and oxygen atoms in total.